The van der Waals surface area contributed by atoms with Crippen molar-refractivity contribution in [3.8, 4) is 0 Å². The van der Waals surface area contributed by atoms with Crippen molar-refractivity contribution in [3.05, 3.63) is 0 Å². The molecule has 9 N–H and O–H groups in total. The molecule has 0 spiro atoms. The summed E-state index contributed by atoms with van der Waals surface area (Å²) in [5.41, 5.74) is 13.6. The van der Waals surface area contributed by atoms with Gasteiger partial charge in [-0.05, 0) is 27.9 Å². The molecule has 0 aliphatic rings. The molecule has 0 heterocycles. The summed E-state index contributed by atoms with van der Waals surface area (Å²) in [5, 5.41) is 12.5. The Bertz CT molecular complexity index is 374. The quantitative estimate of drug-likeness (QED) is 0.313. The molecule has 0 aromatic rings. The minimum absolute atomic E-state index is 0. The number of amides is 2. The fraction of sp³-hybridized carbons (Fsp3) is 0.722. The van der Waals surface area contributed by atoms with E-state index in [0.717, 1.165) is 0 Å². The predicted molar refractivity (Wildman–Crippen MR) is 118 cm³/mol. The summed E-state index contributed by atoms with van der Waals surface area (Å²) in [6, 6.07) is 0. The maximum Gasteiger partial charge on any atom is 0.317 e. The zero-order valence-corrected chi connectivity index (χ0v) is 17.3. The van der Waals surface area contributed by atoms with Crippen LogP contribution in [0.4, 0.5) is 0 Å². The van der Waals surface area contributed by atoms with Gasteiger partial charge in [-0.15, -0.1) is 0 Å². The molecule has 0 atom stereocenters. The number of carbonyl (C=O) groups is 5. The number of hydrogen-bond acceptors (Lipinski definition) is 8. The first kappa shape index (κ1) is 45.4. The molecule has 2 amide bonds. The Hall–Kier alpha value is -2.37. The third kappa shape index (κ3) is 77.0. The van der Waals surface area contributed by atoms with Crippen LogP contribution in [0.2, 0.25) is 0 Å². The van der Waals surface area contributed by atoms with Crippen molar-refractivity contribution < 1.29 is 29.1 Å². The van der Waals surface area contributed by atoms with Crippen LogP contribution in [0.25, 0.3) is 0 Å². The summed E-state index contributed by atoms with van der Waals surface area (Å²) in [6.45, 7) is 2.67. The van der Waals surface area contributed by atoms with Gasteiger partial charge in [0.1, 0.15) is 11.6 Å². The highest BCUT2D eigenvalue weighted by Crippen LogP contribution is 1.88. The first-order valence-electron chi connectivity index (χ1n) is 8.07. The van der Waals surface area contributed by atoms with E-state index in [4.69, 9.17) is 5.11 Å². The monoisotopic (exact) mass is 427 g/mol. The minimum atomic E-state index is -0.968. The van der Waals surface area contributed by atoms with Crippen LogP contribution in [0.15, 0.2) is 0 Å². The van der Waals surface area contributed by atoms with Crippen LogP contribution in [-0.4, -0.2) is 69.2 Å². The van der Waals surface area contributed by atoms with E-state index in [0.29, 0.717) is 25.7 Å². The second kappa shape index (κ2) is 40.3. The van der Waals surface area contributed by atoms with E-state index in [9.17, 15) is 24.0 Å². The first-order valence-corrected chi connectivity index (χ1v) is 8.07. The SMILES string of the molecule is C.C.CN.CN.CNC(=O)CCC(C)=O.CNC(=O)CCC(C)=O.NCC(=O)O. The van der Waals surface area contributed by atoms with Gasteiger partial charge in [-0.1, -0.05) is 14.9 Å². The molecular formula is C18H45N5O6. The number of ketones is 2. The summed E-state index contributed by atoms with van der Waals surface area (Å²) >= 11 is 0. The predicted octanol–water partition coefficient (Wildman–Crippen LogP) is -0.345. The molecule has 0 bridgehead atoms. The fourth-order valence-corrected chi connectivity index (χ4v) is 0.829. The van der Waals surface area contributed by atoms with Gasteiger partial charge in [0.05, 0.1) is 6.54 Å². The second-order valence-corrected chi connectivity index (χ2v) is 4.35. The number of aliphatic carboxylic acids is 1. The molecule has 0 aliphatic carbocycles. The molecule has 11 nitrogen and oxygen atoms in total. The number of Topliss-reactive ketones (excluding diaryl/α,β-unsaturated/α-hetero) is 2. The highest BCUT2D eigenvalue weighted by molar-refractivity contribution is 5.83. The summed E-state index contributed by atoms with van der Waals surface area (Å²) in [6.07, 6.45) is 1.32. The molecular weight excluding hydrogens is 382 g/mol. The topological polar surface area (TPSA) is 208 Å². The molecule has 0 saturated heterocycles. The van der Waals surface area contributed by atoms with Crippen molar-refractivity contribution in [2.75, 3.05) is 34.7 Å². The minimum Gasteiger partial charge on any atom is -0.480 e. The molecule has 0 aromatic heterocycles. The van der Waals surface area contributed by atoms with Gasteiger partial charge in [0.15, 0.2) is 0 Å². The molecule has 0 aliphatic heterocycles. The lowest BCUT2D eigenvalue weighted by Crippen LogP contribution is -2.17. The van der Waals surface area contributed by atoms with Gasteiger partial charge >= 0.3 is 5.97 Å². The van der Waals surface area contributed by atoms with Crippen LogP contribution in [-0.2, 0) is 24.0 Å². The fourth-order valence-electron chi connectivity index (χ4n) is 0.829. The lowest BCUT2D eigenvalue weighted by atomic mass is 10.2. The van der Waals surface area contributed by atoms with Crippen molar-refractivity contribution in [3.63, 3.8) is 0 Å². The summed E-state index contributed by atoms with van der Waals surface area (Å²) in [4.78, 5) is 50.7. The molecule has 0 unspecified atom stereocenters. The Morgan fingerprint density at radius 3 is 1.00 bits per heavy atom. The number of hydrogen-bond donors (Lipinski definition) is 6. The van der Waals surface area contributed by atoms with E-state index in [2.05, 4.69) is 27.8 Å². The van der Waals surface area contributed by atoms with Gasteiger partial charge in [0.25, 0.3) is 0 Å². The number of nitrogens with one attached hydrogen (secondary N) is 2. The van der Waals surface area contributed by atoms with Crippen LogP contribution in [0.5, 0.6) is 0 Å². The standard InChI is InChI=1S/2C6H11NO2.C2H5NO2.2CH5N.2CH4/c2*1-5(8)3-4-6(9)7-2;3-1-2(4)5;2*1-2;;/h2*3-4H2,1-2H3,(H,7,9);1,3H2,(H,4,5);2*2H2,1H3;2*1H4. The van der Waals surface area contributed by atoms with Crippen molar-refractivity contribution in [1.29, 1.82) is 0 Å². The van der Waals surface area contributed by atoms with E-state index in [-0.39, 0.29) is 44.8 Å². The van der Waals surface area contributed by atoms with Crippen LogP contribution in [0.1, 0.15) is 54.4 Å². The lowest BCUT2D eigenvalue weighted by molar-refractivity contribution is -0.135. The van der Waals surface area contributed by atoms with Crippen LogP contribution in [0.3, 0.4) is 0 Å². The third-order valence-electron chi connectivity index (χ3n) is 2.14. The van der Waals surface area contributed by atoms with Gasteiger partial charge in [-0.25, -0.2) is 0 Å². The third-order valence-corrected chi connectivity index (χ3v) is 2.14. The van der Waals surface area contributed by atoms with Crippen molar-refractivity contribution in [2.24, 2.45) is 17.2 Å². The Morgan fingerprint density at radius 2 is 0.897 bits per heavy atom. The summed E-state index contributed by atoms with van der Waals surface area (Å²) < 4.78 is 0. The molecule has 11 heteroatoms. The molecule has 178 valence electrons. The Kier molecular flexibility index (Phi) is 63.2. The number of carboxylic acid groups (broad SMARTS) is 1. The first-order chi connectivity index (χ1) is 12.6. The lowest BCUT2D eigenvalue weighted by Gasteiger charge is -1.93. The number of rotatable bonds is 7. The summed E-state index contributed by atoms with van der Waals surface area (Å²) in [7, 11) is 6.12. The van der Waals surface area contributed by atoms with E-state index >= 15 is 0 Å². The maximum absolute atomic E-state index is 10.5. The highest BCUT2D eigenvalue weighted by Gasteiger charge is 1.99. The van der Waals surface area contributed by atoms with E-state index < -0.39 is 5.97 Å². The average Bonchev–Trinajstić information content (AvgIpc) is 2.67. The molecule has 0 radical (unpaired) electrons. The zero-order chi connectivity index (χ0) is 22.8. The van der Waals surface area contributed by atoms with Gasteiger partial charge in [0, 0.05) is 39.8 Å². The molecule has 0 aromatic carbocycles. The normalized spacial score (nSPS) is 7.07. The highest BCUT2D eigenvalue weighted by atomic mass is 16.4. The molecule has 0 rings (SSSR count). The molecule has 0 fully saturated rings. The van der Waals surface area contributed by atoms with E-state index in [1.54, 1.807) is 14.1 Å². The van der Waals surface area contributed by atoms with Crippen LogP contribution >= 0.6 is 0 Å². The van der Waals surface area contributed by atoms with Gasteiger partial charge in [-0.2, -0.15) is 0 Å². The number of carboxylic acids is 1. The summed E-state index contributed by atoms with van der Waals surface area (Å²) in [5.74, 6) is -1.02. The average molecular weight is 428 g/mol. The van der Waals surface area contributed by atoms with Crippen LogP contribution in [0, 0.1) is 0 Å². The Balaban J connectivity index is -0.0000000458. The van der Waals surface area contributed by atoms with Gasteiger partial charge < -0.3 is 42.5 Å². The Morgan fingerprint density at radius 1 is 0.690 bits per heavy atom. The van der Waals surface area contributed by atoms with Gasteiger partial charge in [0.2, 0.25) is 11.8 Å². The zero-order valence-electron chi connectivity index (χ0n) is 17.3. The smallest absolute Gasteiger partial charge is 0.317 e. The van der Waals surface area contributed by atoms with Crippen LogP contribution < -0.4 is 27.8 Å². The van der Waals surface area contributed by atoms with Crippen molar-refractivity contribution in [1.82, 2.24) is 10.6 Å². The Labute approximate surface area is 176 Å². The van der Waals surface area contributed by atoms with Gasteiger partial charge in [-0.3, -0.25) is 14.4 Å². The van der Waals surface area contributed by atoms with E-state index in [1.807, 2.05) is 0 Å². The van der Waals surface area contributed by atoms with Crippen molar-refractivity contribution in [2.45, 2.75) is 54.4 Å². The molecule has 29 heavy (non-hydrogen) atoms. The van der Waals surface area contributed by atoms with E-state index in [1.165, 1.54) is 27.9 Å². The maximum atomic E-state index is 10.5. The second-order valence-electron chi connectivity index (χ2n) is 4.35. The number of nitrogens with two attached hydrogens (primary N) is 3. The number of carbonyl (C=O) groups excluding carboxylic acids is 4. The largest absolute Gasteiger partial charge is 0.480 e. The molecule has 0 saturated carbocycles. The van der Waals surface area contributed by atoms with Crippen molar-refractivity contribution >= 4 is 29.4 Å².